The first kappa shape index (κ1) is 17.0. The summed E-state index contributed by atoms with van der Waals surface area (Å²) in [5, 5.41) is 21.0. The van der Waals surface area contributed by atoms with Gasteiger partial charge in [0.1, 0.15) is 0 Å². The molecule has 1 saturated carbocycles. The largest absolute Gasteiger partial charge is 0.479 e. The van der Waals surface area contributed by atoms with Crippen molar-refractivity contribution in [1.29, 1.82) is 0 Å². The number of aliphatic carboxylic acids is 1. The van der Waals surface area contributed by atoms with E-state index in [0.29, 0.717) is 0 Å². The standard InChI is InChI=1S/C19H28O3/c1-14(18(2,3)15-10-6-4-7-11-15)19(22,17(20)21)16-12-8-5-9-13-16/h4,6-7,10-11,14,16,22H,5,8-9,12-13H2,1-3H3,(H,20,21). The second kappa shape index (κ2) is 6.41. The average molecular weight is 304 g/mol. The van der Waals surface area contributed by atoms with Crippen LogP contribution in [-0.2, 0) is 10.2 Å². The molecule has 2 N–H and O–H groups in total. The van der Waals surface area contributed by atoms with Crippen molar-refractivity contribution in [2.45, 2.75) is 63.9 Å². The fraction of sp³-hybridized carbons (Fsp3) is 0.632. The van der Waals surface area contributed by atoms with Crippen LogP contribution in [0.15, 0.2) is 30.3 Å². The Morgan fingerprint density at radius 1 is 1.14 bits per heavy atom. The molecule has 0 spiro atoms. The molecule has 122 valence electrons. The molecule has 0 amide bonds. The number of carbonyl (C=O) groups is 1. The zero-order valence-electron chi connectivity index (χ0n) is 13.9. The van der Waals surface area contributed by atoms with E-state index in [1.165, 1.54) is 0 Å². The number of carboxylic acids is 1. The second-order valence-corrected chi connectivity index (χ2v) is 7.27. The molecular weight excluding hydrogens is 276 g/mol. The Morgan fingerprint density at radius 3 is 2.18 bits per heavy atom. The average Bonchev–Trinajstić information content (AvgIpc) is 2.54. The first-order valence-electron chi connectivity index (χ1n) is 8.32. The molecule has 0 saturated heterocycles. The van der Waals surface area contributed by atoms with Gasteiger partial charge in [0.25, 0.3) is 0 Å². The summed E-state index contributed by atoms with van der Waals surface area (Å²) in [4.78, 5) is 12.0. The van der Waals surface area contributed by atoms with Crippen molar-refractivity contribution in [2.75, 3.05) is 0 Å². The minimum atomic E-state index is -1.67. The third-order valence-electron chi connectivity index (χ3n) is 5.83. The van der Waals surface area contributed by atoms with Gasteiger partial charge in [-0.3, -0.25) is 0 Å². The van der Waals surface area contributed by atoms with Gasteiger partial charge >= 0.3 is 5.97 Å². The van der Waals surface area contributed by atoms with Crippen LogP contribution in [0.3, 0.4) is 0 Å². The van der Waals surface area contributed by atoms with Crippen LogP contribution in [0.5, 0.6) is 0 Å². The Kier molecular flexibility index (Phi) is 4.96. The third kappa shape index (κ3) is 2.91. The monoisotopic (exact) mass is 304 g/mol. The highest BCUT2D eigenvalue weighted by Crippen LogP contribution is 2.45. The number of carboxylic acid groups (broad SMARTS) is 1. The maximum absolute atomic E-state index is 12.0. The molecular formula is C19H28O3. The highest BCUT2D eigenvalue weighted by molar-refractivity contribution is 5.78. The molecule has 0 radical (unpaired) electrons. The Hall–Kier alpha value is -1.35. The predicted octanol–water partition coefficient (Wildman–Crippen LogP) is 4.00. The van der Waals surface area contributed by atoms with Crippen molar-refractivity contribution in [2.24, 2.45) is 11.8 Å². The van der Waals surface area contributed by atoms with Gasteiger partial charge in [0.15, 0.2) is 5.60 Å². The molecule has 1 aliphatic rings. The summed E-state index contributed by atoms with van der Waals surface area (Å²) in [5.74, 6) is -1.60. The Morgan fingerprint density at radius 2 is 1.68 bits per heavy atom. The molecule has 2 rings (SSSR count). The van der Waals surface area contributed by atoms with Crippen molar-refractivity contribution in [3.05, 3.63) is 35.9 Å². The highest BCUT2D eigenvalue weighted by Gasteiger charge is 2.53. The van der Waals surface area contributed by atoms with E-state index < -0.39 is 17.0 Å². The molecule has 22 heavy (non-hydrogen) atoms. The summed E-state index contributed by atoms with van der Waals surface area (Å²) in [6.07, 6.45) is 4.77. The smallest absolute Gasteiger partial charge is 0.336 e. The Balaban J connectivity index is 2.37. The topological polar surface area (TPSA) is 57.5 Å². The van der Waals surface area contributed by atoms with Crippen LogP contribution in [-0.4, -0.2) is 21.8 Å². The van der Waals surface area contributed by atoms with E-state index in [1.54, 1.807) is 0 Å². The first-order valence-corrected chi connectivity index (χ1v) is 8.32. The van der Waals surface area contributed by atoms with Crippen LogP contribution in [0.1, 0.15) is 58.4 Å². The molecule has 3 heteroatoms. The van der Waals surface area contributed by atoms with E-state index in [-0.39, 0.29) is 11.8 Å². The summed E-state index contributed by atoms with van der Waals surface area (Å²) < 4.78 is 0. The van der Waals surface area contributed by atoms with E-state index in [4.69, 9.17) is 0 Å². The summed E-state index contributed by atoms with van der Waals surface area (Å²) >= 11 is 0. The van der Waals surface area contributed by atoms with Crippen molar-refractivity contribution in [3.8, 4) is 0 Å². The first-order chi connectivity index (χ1) is 10.3. The fourth-order valence-corrected chi connectivity index (χ4v) is 3.92. The fourth-order valence-electron chi connectivity index (χ4n) is 3.92. The lowest BCUT2D eigenvalue weighted by molar-refractivity contribution is -0.179. The lowest BCUT2D eigenvalue weighted by atomic mass is 9.61. The molecule has 1 aromatic rings. The van der Waals surface area contributed by atoms with Crippen LogP contribution < -0.4 is 0 Å². The molecule has 2 atom stereocenters. The summed E-state index contributed by atoms with van der Waals surface area (Å²) in [6, 6.07) is 9.91. The molecule has 0 heterocycles. The van der Waals surface area contributed by atoms with Crippen LogP contribution in [0, 0.1) is 11.8 Å². The highest BCUT2D eigenvalue weighted by atomic mass is 16.4. The number of hydrogen-bond donors (Lipinski definition) is 2. The summed E-state index contributed by atoms with van der Waals surface area (Å²) in [6.45, 7) is 5.95. The zero-order chi connectivity index (χ0) is 16.4. The quantitative estimate of drug-likeness (QED) is 0.864. The number of rotatable bonds is 5. The van der Waals surface area contributed by atoms with Crippen molar-refractivity contribution < 1.29 is 15.0 Å². The molecule has 0 aromatic heterocycles. The summed E-state index contributed by atoms with van der Waals surface area (Å²) in [7, 11) is 0. The molecule has 3 nitrogen and oxygen atoms in total. The normalized spacial score (nSPS) is 21.1. The maximum atomic E-state index is 12.0. The van der Waals surface area contributed by atoms with Crippen LogP contribution in [0.4, 0.5) is 0 Å². The lowest BCUT2D eigenvalue weighted by Crippen LogP contribution is -2.56. The van der Waals surface area contributed by atoms with Gasteiger partial charge in [-0.15, -0.1) is 0 Å². The van der Waals surface area contributed by atoms with Gasteiger partial charge in [0.05, 0.1) is 0 Å². The molecule has 1 aromatic carbocycles. The van der Waals surface area contributed by atoms with Gasteiger partial charge in [-0.25, -0.2) is 4.79 Å². The molecule has 0 aliphatic heterocycles. The Bertz CT molecular complexity index is 503. The lowest BCUT2D eigenvalue weighted by Gasteiger charge is -2.46. The van der Waals surface area contributed by atoms with E-state index in [2.05, 4.69) is 0 Å². The van der Waals surface area contributed by atoms with E-state index in [9.17, 15) is 15.0 Å². The summed E-state index contributed by atoms with van der Waals surface area (Å²) in [5.41, 5.74) is -1.01. The molecule has 0 bridgehead atoms. The van der Waals surface area contributed by atoms with E-state index >= 15 is 0 Å². The SMILES string of the molecule is CC(C(C)(C)c1ccccc1)C(O)(C(=O)O)C1CCCCC1. The van der Waals surface area contributed by atoms with Gasteiger partial charge < -0.3 is 10.2 Å². The minimum Gasteiger partial charge on any atom is -0.479 e. The van der Waals surface area contributed by atoms with Crippen LogP contribution in [0.2, 0.25) is 0 Å². The van der Waals surface area contributed by atoms with Gasteiger partial charge in [0, 0.05) is 5.92 Å². The molecule has 2 unspecified atom stereocenters. The molecule has 1 aliphatic carbocycles. The van der Waals surface area contributed by atoms with E-state index in [1.807, 2.05) is 51.1 Å². The molecule has 1 fully saturated rings. The zero-order valence-corrected chi connectivity index (χ0v) is 13.9. The number of hydrogen-bond acceptors (Lipinski definition) is 2. The van der Waals surface area contributed by atoms with Gasteiger partial charge in [-0.1, -0.05) is 70.4 Å². The van der Waals surface area contributed by atoms with Gasteiger partial charge in [0.2, 0.25) is 0 Å². The van der Waals surface area contributed by atoms with Gasteiger partial charge in [-0.2, -0.15) is 0 Å². The van der Waals surface area contributed by atoms with Crippen LogP contribution >= 0.6 is 0 Å². The van der Waals surface area contributed by atoms with Crippen molar-refractivity contribution >= 4 is 5.97 Å². The van der Waals surface area contributed by atoms with Crippen LogP contribution in [0.25, 0.3) is 0 Å². The Labute approximate surface area is 133 Å². The maximum Gasteiger partial charge on any atom is 0.336 e. The predicted molar refractivity (Wildman–Crippen MR) is 87.8 cm³/mol. The van der Waals surface area contributed by atoms with Crippen molar-refractivity contribution in [1.82, 2.24) is 0 Å². The van der Waals surface area contributed by atoms with E-state index in [0.717, 1.165) is 37.7 Å². The van der Waals surface area contributed by atoms with Gasteiger partial charge in [-0.05, 0) is 29.7 Å². The number of aliphatic hydroxyl groups is 1. The second-order valence-electron chi connectivity index (χ2n) is 7.27. The minimum absolute atomic E-state index is 0.156. The number of benzene rings is 1. The van der Waals surface area contributed by atoms with Crippen molar-refractivity contribution in [3.63, 3.8) is 0 Å². The third-order valence-corrected chi connectivity index (χ3v) is 5.83.